The summed E-state index contributed by atoms with van der Waals surface area (Å²) in [5.74, 6) is 6.98. The van der Waals surface area contributed by atoms with Crippen LogP contribution in [0.4, 0.5) is 4.39 Å². The first-order valence-corrected chi connectivity index (χ1v) is 12.6. The number of carbonyl (C=O) groups excluding carboxylic acids is 2. The first-order chi connectivity index (χ1) is 17.9. The lowest BCUT2D eigenvalue weighted by molar-refractivity contribution is -0.126. The van der Waals surface area contributed by atoms with Crippen molar-refractivity contribution in [3.05, 3.63) is 65.9 Å². The molecule has 7 nitrogen and oxygen atoms in total. The third kappa shape index (κ3) is 5.08. The first-order valence-electron chi connectivity index (χ1n) is 12.6. The van der Waals surface area contributed by atoms with Gasteiger partial charge in [-0.2, -0.15) is 0 Å². The van der Waals surface area contributed by atoms with Gasteiger partial charge in [-0.05, 0) is 93.0 Å². The Labute approximate surface area is 215 Å². The maximum atomic E-state index is 13.2. The van der Waals surface area contributed by atoms with Crippen LogP contribution in [-0.2, 0) is 11.3 Å². The minimum Gasteiger partial charge on any atom is -0.457 e. The van der Waals surface area contributed by atoms with E-state index in [4.69, 9.17) is 15.5 Å². The topological polar surface area (TPSA) is 90.4 Å². The summed E-state index contributed by atoms with van der Waals surface area (Å²) < 4.78 is 21.0. The lowest BCUT2D eigenvalue weighted by Gasteiger charge is -2.37. The van der Waals surface area contributed by atoms with Crippen molar-refractivity contribution in [1.82, 2.24) is 14.5 Å². The Balaban J connectivity index is 1.39. The van der Waals surface area contributed by atoms with Gasteiger partial charge in [0.05, 0.1) is 0 Å². The van der Waals surface area contributed by atoms with E-state index in [0.717, 1.165) is 37.1 Å². The molecule has 2 N–H and O–H groups in total. The van der Waals surface area contributed by atoms with Crippen LogP contribution in [0, 0.1) is 23.6 Å². The highest BCUT2D eigenvalue weighted by atomic mass is 19.1. The second kappa shape index (κ2) is 10.5. The number of carbonyl (C=O) groups is 2. The Morgan fingerprint density at radius 3 is 2.27 bits per heavy atom. The second-order valence-corrected chi connectivity index (χ2v) is 9.52. The molecule has 37 heavy (non-hydrogen) atoms. The molecule has 2 aliphatic rings. The molecule has 2 aliphatic heterocycles. The molecule has 1 unspecified atom stereocenters. The molecule has 0 aliphatic carbocycles. The molecule has 2 amide bonds. The molecule has 5 rings (SSSR count). The van der Waals surface area contributed by atoms with Gasteiger partial charge in [0, 0.05) is 31.1 Å². The van der Waals surface area contributed by atoms with Crippen molar-refractivity contribution < 1.29 is 18.7 Å². The van der Waals surface area contributed by atoms with E-state index in [1.165, 1.54) is 12.1 Å². The zero-order chi connectivity index (χ0) is 25.9. The summed E-state index contributed by atoms with van der Waals surface area (Å²) in [7, 11) is 0. The lowest BCUT2D eigenvalue weighted by atomic mass is 9.79. The number of ether oxygens (including phenoxy) is 1. The van der Waals surface area contributed by atoms with Crippen LogP contribution in [0.1, 0.15) is 54.8 Å². The predicted octanol–water partition coefficient (Wildman–Crippen LogP) is 4.72. The summed E-state index contributed by atoms with van der Waals surface area (Å²) in [6.45, 7) is 3.74. The van der Waals surface area contributed by atoms with Crippen molar-refractivity contribution in [2.24, 2.45) is 11.7 Å². The highest BCUT2D eigenvalue weighted by molar-refractivity contribution is 5.97. The van der Waals surface area contributed by atoms with E-state index in [1.807, 2.05) is 21.6 Å². The molecule has 8 heteroatoms. The van der Waals surface area contributed by atoms with Gasteiger partial charge < -0.3 is 19.9 Å². The van der Waals surface area contributed by atoms with E-state index in [1.54, 1.807) is 31.2 Å². The van der Waals surface area contributed by atoms with Crippen LogP contribution in [0.3, 0.4) is 0 Å². The zero-order valence-corrected chi connectivity index (χ0v) is 20.7. The van der Waals surface area contributed by atoms with Crippen LogP contribution >= 0.6 is 0 Å². The van der Waals surface area contributed by atoms with Gasteiger partial charge in [-0.3, -0.25) is 9.59 Å². The lowest BCUT2D eigenvalue weighted by Crippen LogP contribution is -2.40. The number of fused-ring (bicyclic) bond motifs is 1. The van der Waals surface area contributed by atoms with E-state index in [0.29, 0.717) is 48.4 Å². The average Bonchev–Trinajstić information content (AvgIpc) is 3.31. The Morgan fingerprint density at radius 2 is 1.65 bits per heavy atom. The van der Waals surface area contributed by atoms with Crippen LogP contribution in [0.2, 0.25) is 0 Å². The molecule has 1 fully saturated rings. The van der Waals surface area contributed by atoms with Gasteiger partial charge in [0.15, 0.2) is 0 Å². The van der Waals surface area contributed by atoms with Crippen LogP contribution in [0.5, 0.6) is 11.5 Å². The van der Waals surface area contributed by atoms with E-state index < -0.39 is 5.91 Å². The van der Waals surface area contributed by atoms with Gasteiger partial charge >= 0.3 is 0 Å². The van der Waals surface area contributed by atoms with E-state index in [9.17, 15) is 14.0 Å². The quantitative estimate of drug-likeness (QED) is 0.514. The fourth-order valence-corrected chi connectivity index (χ4v) is 5.49. The third-order valence-electron chi connectivity index (χ3n) is 7.26. The van der Waals surface area contributed by atoms with Gasteiger partial charge in [-0.1, -0.05) is 5.92 Å². The Hall–Kier alpha value is -4.12. The fourth-order valence-electron chi connectivity index (χ4n) is 5.49. The molecule has 1 atom stereocenters. The highest BCUT2D eigenvalue weighted by Gasteiger charge is 2.36. The predicted molar refractivity (Wildman–Crippen MR) is 137 cm³/mol. The minimum absolute atomic E-state index is 0.115. The molecule has 0 spiro atoms. The van der Waals surface area contributed by atoms with Crippen molar-refractivity contribution in [2.45, 2.75) is 45.1 Å². The fraction of sp³-hybridized carbons (Fsp3) is 0.345. The number of piperidine rings is 1. The van der Waals surface area contributed by atoms with E-state index in [2.05, 4.69) is 11.8 Å². The molecular formula is C29H29FN4O3. The summed E-state index contributed by atoms with van der Waals surface area (Å²) in [6, 6.07) is 13.1. The van der Waals surface area contributed by atoms with Crippen molar-refractivity contribution >= 4 is 11.8 Å². The maximum absolute atomic E-state index is 13.2. The Morgan fingerprint density at radius 1 is 1.00 bits per heavy atom. The standard InChI is InChI=1S/C29H29FN4O3/c1-2-4-25(35)33-17-14-19(15-18-33)24-5-3-16-34-27(28(31)36)26(32-29(24)34)20-6-10-22(11-7-20)37-23-12-8-21(30)9-13-23/h6-13,19,24H,3,5,14-18H2,1H3,(H2,31,36). The normalized spacial score (nSPS) is 17.5. The van der Waals surface area contributed by atoms with Crippen LogP contribution in [-0.4, -0.2) is 39.4 Å². The van der Waals surface area contributed by atoms with Gasteiger partial charge in [0.2, 0.25) is 0 Å². The number of hydrogen-bond donors (Lipinski definition) is 1. The average molecular weight is 501 g/mol. The second-order valence-electron chi connectivity index (χ2n) is 9.52. The SMILES string of the molecule is CC#CC(=O)N1CCC(C2CCCn3c2nc(-c2ccc(Oc4ccc(F)cc4)cc2)c3C(N)=O)CC1. The van der Waals surface area contributed by atoms with Crippen LogP contribution < -0.4 is 10.5 Å². The molecule has 3 aromatic rings. The Bertz CT molecular complexity index is 1360. The van der Waals surface area contributed by atoms with Gasteiger partial charge in [-0.25, -0.2) is 9.37 Å². The summed E-state index contributed by atoms with van der Waals surface area (Å²) in [6.07, 6.45) is 3.70. The van der Waals surface area contributed by atoms with Crippen molar-refractivity contribution in [1.29, 1.82) is 0 Å². The molecule has 2 aromatic carbocycles. The van der Waals surface area contributed by atoms with E-state index in [-0.39, 0.29) is 17.6 Å². The number of imidazole rings is 1. The highest BCUT2D eigenvalue weighted by Crippen LogP contribution is 2.41. The molecule has 1 saturated heterocycles. The first kappa shape index (κ1) is 24.6. The van der Waals surface area contributed by atoms with Gasteiger partial charge in [0.1, 0.15) is 34.5 Å². The van der Waals surface area contributed by atoms with Gasteiger partial charge in [0.25, 0.3) is 11.8 Å². The smallest absolute Gasteiger partial charge is 0.298 e. The number of aromatic nitrogens is 2. The van der Waals surface area contributed by atoms with E-state index >= 15 is 0 Å². The number of hydrogen-bond acceptors (Lipinski definition) is 4. The van der Waals surface area contributed by atoms with Crippen LogP contribution in [0.25, 0.3) is 11.3 Å². The number of halogens is 1. The third-order valence-corrected chi connectivity index (χ3v) is 7.26. The molecule has 0 saturated carbocycles. The summed E-state index contributed by atoms with van der Waals surface area (Å²) in [5.41, 5.74) is 7.64. The van der Waals surface area contributed by atoms with Crippen molar-refractivity contribution in [3.63, 3.8) is 0 Å². The maximum Gasteiger partial charge on any atom is 0.298 e. The summed E-state index contributed by atoms with van der Waals surface area (Å²) in [5, 5.41) is 0. The van der Waals surface area contributed by atoms with Crippen LogP contribution in [0.15, 0.2) is 48.5 Å². The largest absolute Gasteiger partial charge is 0.457 e. The number of primary amides is 1. The summed E-state index contributed by atoms with van der Waals surface area (Å²) >= 11 is 0. The summed E-state index contributed by atoms with van der Waals surface area (Å²) in [4.78, 5) is 31.5. The molecule has 3 heterocycles. The van der Waals surface area contributed by atoms with Crippen molar-refractivity contribution in [2.75, 3.05) is 13.1 Å². The number of nitrogens with two attached hydrogens (primary N) is 1. The molecule has 1 aromatic heterocycles. The minimum atomic E-state index is -0.500. The number of benzene rings is 2. The van der Waals surface area contributed by atoms with Crippen molar-refractivity contribution in [3.8, 4) is 34.6 Å². The number of nitrogens with zero attached hydrogens (tertiary/aromatic N) is 3. The molecule has 0 bridgehead atoms. The molecule has 0 radical (unpaired) electrons. The van der Waals surface area contributed by atoms with Gasteiger partial charge in [-0.15, -0.1) is 0 Å². The zero-order valence-electron chi connectivity index (χ0n) is 20.7. The molecular weight excluding hydrogens is 471 g/mol. The Kier molecular flexibility index (Phi) is 6.95. The number of amides is 2. The number of rotatable bonds is 5. The monoisotopic (exact) mass is 500 g/mol. The molecule has 190 valence electrons. The number of likely N-dealkylation sites (tertiary alicyclic amines) is 1.